The second kappa shape index (κ2) is 3.49. The molecule has 0 N–H and O–H groups in total. The van der Waals surface area contributed by atoms with Crippen molar-refractivity contribution in [1.82, 2.24) is 0 Å². The summed E-state index contributed by atoms with van der Waals surface area (Å²) >= 11 is 1.87. The number of allylic oxidation sites excluding steroid dienone is 2. The van der Waals surface area contributed by atoms with Crippen molar-refractivity contribution in [3.8, 4) is 0 Å². The highest BCUT2D eigenvalue weighted by Crippen LogP contribution is 2.45. The molecule has 1 aliphatic heterocycles. The third-order valence-corrected chi connectivity index (χ3v) is 4.30. The van der Waals surface area contributed by atoms with Crippen LogP contribution in [0.5, 0.6) is 0 Å². The second-order valence-electron chi connectivity index (χ2n) is 5.24. The van der Waals surface area contributed by atoms with Gasteiger partial charge >= 0.3 is 0 Å². The van der Waals surface area contributed by atoms with E-state index < -0.39 is 0 Å². The third kappa shape index (κ3) is 1.71. The molecule has 0 bridgehead atoms. The summed E-state index contributed by atoms with van der Waals surface area (Å²) in [6.45, 7) is 4.63. The first-order chi connectivity index (χ1) is 7.64. The van der Waals surface area contributed by atoms with Crippen LogP contribution >= 0.6 is 11.8 Å². The Morgan fingerprint density at radius 3 is 2.94 bits per heavy atom. The molecule has 16 heavy (non-hydrogen) atoms. The lowest BCUT2D eigenvalue weighted by Gasteiger charge is -2.31. The third-order valence-electron chi connectivity index (χ3n) is 3.11. The first-order valence-corrected chi connectivity index (χ1v) is 6.51. The highest BCUT2D eigenvalue weighted by Gasteiger charge is 2.29. The lowest BCUT2D eigenvalue weighted by atomic mass is 9.80. The predicted octanol–water partition coefficient (Wildman–Crippen LogP) is 4.57. The zero-order valence-corrected chi connectivity index (χ0v) is 10.5. The maximum Gasteiger partial charge on any atom is 0.0772 e. The standard InChI is InChI=1S/C14H15NS/c1-14(2)8-7-13-11(9-14)15-10-5-3-4-6-12(10)16-13/h3-7H,8-9H2,1-2H3. The van der Waals surface area contributed by atoms with E-state index in [1.54, 1.807) is 0 Å². The number of hydrogen-bond donors (Lipinski definition) is 0. The normalized spacial score (nSPS) is 21.6. The van der Waals surface area contributed by atoms with Gasteiger partial charge in [0.2, 0.25) is 0 Å². The number of aliphatic imine (C=N–C) groups is 1. The lowest BCUT2D eigenvalue weighted by molar-refractivity contribution is 0.383. The summed E-state index contributed by atoms with van der Waals surface area (Å²) in [6, 6.07) is 8.40. The van der Waals surface area contributed by atoms with Crippen LogP contribution in [-0.4, -0.2) is 5.71 Å². The van der Waals surface area contributed by atoms with E-state index in [0.29, 0.717) is 5.41 Å². The average molecular weight is 229 g/mol. The molecule has 1 aliphatic carbocycles. The van der Waals surface area contributed by atoms with E-state index in [-0.39, 0.29) is 0 Å². The molecule has 0 saturated carbocycles. The quantitative estimate of drug-likeness (QED) is 0.635. The number of thioether (sulfide) groups is 1. The minimum absolute atomic E-state index is 0.370. The molecule has 0 amide bonds. The Labute approximate surface area is 101 Å². The van der Waals surface area contributed by atoms with Gasteiger partial charge in [-0.1, -0.05) is 43.8 Å². The van der Waals surface area contributed by atoms with Crippen molar-refractivity contribution in [2.75, 3.05) is 0 Å². The maximum atomic E-state index is 4.79. The Morgan fingerprint density at radius 1 is 1.25 bits per heavy atom. The van der Waals surface area contributed by atoms with Crippen LogP contribution < -0.4 is 0 Å². The number of benzene rings is 1. The van der Waals surface area contributed by atoms with Crippen LogP contribution in [0.25, 0.3) is 0 Å². The van der Waals surface area contributed by atoms with Gasteiger partial charge in [0, 0.05) is 9.80 Å². The van der Waals surface area contributed by atoms with Crippen molar-refractivity contribution in [2.24, 2.45) is 10.4 Å². The highest BCUT2D eigenvalue weighted by atomic mass is 32.2. The molecule has 3 rings (SSSR count). The van der Waals surface area contributed by atoms with Crippen LogP contribution in [0.1, 0.15) is 26.7 Å². The minimum Gasteiger partial charge on any atom is -0.251 e. The Bertz CT molecular complexity index is 497. The topological polar surface area (TPSA) is 12.4 Å². The molecule has 1 heterocycles. The van der Waals surface area contributed by atoms with E-state index in [2.05, 4.69) is 44.2 Å². The number of nitrogens with zero attached hydrogens (tertiary/aromatic N) is 1. The van der Waals surface area contributed by atoms with Crippen LogP contribution in [0.15, 0.2) is 45.1 Å². The fourth-order valence-corrected chi connectivity index (χ4v) is 3.20. The number of fused-ring (bicyclic) bond motifs is 2. The Kier molecular flexibility index (Phi) is 2.21. The van der Waals surface area contributed by atoms with Crippen molar-refractivity contribution >= 4 is 23.2 Å². The van der Waals surface area contributed by atoms with Crippen LogP contribution in [0.4, 0.5) is 5.69 Å². The summed E-state index contributed by atoms with van der Waals surface area (Å²) in [5.41, 5.74) is 2.78. The monoisotopic (exact) mass is 229 g/mol. The summed E-state index contributed by atoms with van der Waals surface area (Å²) in [5, 5.41) is 0. The zero-order chi connectivity index (χ0) is 11.2. The predicted molar refractivity (Wildman–Crippen MR) is 70.5 cm³/mol. The van der Waals surface area contributed by atoms with E-state index in [1.807, 2.05) is 11.8 Å². The summed E-state index contributed by atoms with van der Waals surface area (Å²) in [5.74, 6) is 0. The molecular formula is C14H15NS. The fraction of sp³-hybridized carbons (Fsp3) is 0.357. The Balaban J connectivity index is 2.07. The van der Waals surface area contributed by atoms with Gasteiger partial charge in [0.05, 0.1) is 11.4 Å². The molecule has 0 unspecified atom stereocenters. The number of para-hydroxylation sites is 1. The minimum atomic E-state index is 0.370. The molecule has 0 saturated heterocycles. The molecule has 0 spiro atoms. The van der Waals surface area contributed by atoms with Crippen LogP contribution in [0.2, 0.25) is 0 Å². The van der Waals surface area contributed by atoms with Gasteiger partial charge in [-0.05, 0) is 30.4 Å². The average Bonchev–Trinajstić information content (AvgIpc) is 2.25. The van der Waals surface area contributed by atoms with Gasteiger partial charge in [-0.25, -0.2) is 0 Å². The van der Waals surface area contributed by atoms with E-state index in [4.69, 9.17) is 4.99 Å². The van der Waals surface area contributed by atoms with E-state index >= 15 is 0 Å². The van der Waals surface area contributed by atoms with Crippen molar-refractivity contribution in [3.05, 3.63) is 35.2 Å². The van der Waals surface area contributed by atoms with Crippen LogP contribution in [0.3, 0.4) is 0 Å². The van der Waals surface area contributed by atoms with Gasteiger partial charge in [0.1, 0.15) is 0 Å². The first kappa shape index (κ1) is 10.2. The van der Waals surface area contributed by atoms with Gasteiger partial charge in [-0.3, -0.25) is 4.99 Å². The van der Waals surface area contributed by atoms with Gasteiger partial charge in [-0.15, -0.1) is 0 Å². The molecular weight excluding hydrogens is 214 g/mol. The summed E-state index contributed by atoms with van der Waals surface area (Å²) in [4.78, 5) is 7.45. The molecule has 1 aromatic carbocycles. The van der Waals surface area contributed by atoms with Gasteiger partial charge in [-0.2, -0.15) is 0 Å². The summed E-state index contributed by atoms with van der Waals surface area (Å²) < 4.78 is 0. The van der Waals surface area contributed by atoms with Crippen molar-refractivity contribution in [2.45, 2.75) is 31.6 Å². The maximum absolute atomic E-state index is 4.79. The van der Waals surface area contributed by atoms with E-state index in [0.717, 1.165) is 18.5 Å². The van der Waals surface area contributed by atoms with Gasteiger partial charge in [0.25, 0.3) is 0 Å². The van der Waals surface area contributed by atoms with E-state index in [9.17, 15) is 0 Å². The van der Waals surface area contributed by atoms with E-state index in [1.165, 1.54) is 15.5 Å². The largest absolute Gasteiger partial charge is 0.251 e. The SMILES string of the molecule is CC1(C)CC=C2Sc3ccccc3N=C2C1. The highest BCUT2D eigenvalue weighted by molar-refractivity contribution is 8.04. The zero-order valence-electron chi connectivity index (χ0n) is 9.66. The van der Waals surface area contributed by atoms with Gasteiger partial charge in [0.15, 0.2) is 0 Å². The Morgan fingerprint density at radius 2 is 2.06 bits per heavy atom. The first-order valence-electron chi connectivity index (χ1n) is 5.69. The molecule has 2 heteroatoms. The number of rotatable bonds is 0. The van der Waals surface area contributed by atoms with Crippen molar-refractivity contribution in [1.29, 1.82) is 0 Å². The Hall–Kier alpha value is -1.02. The molecule has 82 valence electrons. The summed E-state index contributed by atoms with van der Waals surface area (Å²) in [6.07, 6.45) is 4.61. The fourth-order valence-electron chi connectivity index (χ4n) is 2.19. The van der Waals surface area contributed by atoms with Crippen molar-refractivity contribution in [3.63, 3.8) is 0 Å². The molecule has 0 radical (unpaired) electrons. The lowest BCUT2D eigenvalue weighted by Crippen LogP contribution is -2.22. The summed E-state index contributed by atoms with van der Waals surface area (Å²) in [7, 11) is 0. The molecule has 1 nitrogen and oxygen atoms in total. The smallest absolute Gasteiger partial charge is 0.0772 e. The molecule has 0 aromatic heterocycles. The molecule has 0 atom stereocenters. The molecule has 1 aromatic rings. The number of hydrogen-bond acceptors (Lipinski definition) is 2. The van der Waals surface area contributed by atoms with Crippen LogP contribution in [0, 0.1) is 5.41 Å². The van der Waals surface area contributed by atoms with Gasteiger partial charge < -0.3 is 0 Å². The molecule has 2 aliphatic rings. The second-order valence-corrected chi connectivity index (χ2v) is 6.33. The molecule has 0 fully saturated rings. The van der Waals surface area contributed by atoms with Crippen molar-refractivity contribution < 1.29 is 0 Å². The van der Waals surface area contributed by atoms with Crippen LogP contribution in [-0.2, 0) is 0 Å².